The van der Waals surface area contributed by atoms with Crippen LogP contribution in [0.2, 0.25) is 5.02 Å². The fraction of sp³-hybridized carbons (Fsp3) is 0.500. The van der Waals surface area contributed by atoms with Gasteiger partial charge >= 0.3 is 0 Å². The fourth-order valence-corrected chi connectivity index (χ4v) is 6.35. The van der Waals surface area contributed by atoms with Crippen LogP contribution in [0.25, 0.3) is 0 Å². The number of halogens is 1. The average Bonchev–Trinajstić information content (AvgIpc) is 2.76. The summed E-state index contributed by atoms with van der Waals surface area (Å²) in [6.07, 6.45) is 4.14. The minimum Gasteiger partial charge on any atom is -0.369 e. The molecule has 0 aromatic heterocycles. The molecule has 0 amide bonds. The molecule has 2 fully saturated rings. The van der Waals surface area contributed by atoms with E-state index in [1.807, 2.05) is 0 Å². The summed E-state index contributed by atoms with van der Waals surface area (Å²) < 4.78 is 28.9. The van der Waals surface area contributed by atoms with Crippen LogP contribution in [0, 0.1) is 13.8 Å². The van der Waals surface area contributed by atoms with Crippen molar-refractivity contribution in [1.82, 2.24) is 9.62 Å². The molecule has 31 heavy (non-hydrogen) atoms. The molecule has 0 bridgehead atoms. The number of piperazine rings is 1. The Bertz CT molecular complexity index is 1000. The second-order valence-electron chi connectivity index (χ2n) is 8.85. The number of hydrogen-bond donors (Lipinski definition) is 1. The van der Waals surface area contributed by atoms with Gasteiger partial charge in [-0.15, -0.1) is 0 Å². The maximum Gasteiger partial charge on any atom is 0.240 e. The summed E-state index contributed by atoms with van der Waals surface area (Å²) in [6, 6.07) is 13.2. The highest BCUT2D eigenvalue weighted by Gasteiger charge is 2.34. The van der Waals surface area contributed by atoms with Crippen LogP contribution in [0.5, 0.6) is 0 Å². The Hall–Kier alpha value is -1.60. The number of benzene rings is 2. The van der Waals surface area contributed by atoms with Crippen LogP contribution < -0.4 is 9.62 Å². The van der Waals surface area contributed by atoms with Crippen LogP contribution in [0.1, 0.15) is 36.8 Å². The van der Waals surface area contributed by atoms with E-state index in [0.717, 1.165) is 51.9 Å². The monoisotopic (exact) mass is 461 g/mol. The number of aryl methyl sites for hydroxylation is 2. The van der Waals surface area contributed by atoms with Gasteiger partial charge in [0.15, 0.2) is 0 Å². The number of rotatable bonds is 5. The Balaban J connectivity index is 1.43. The predicted molar refractivity (Wildman–Crippen MR) is 128 cm³/mol. The molecule has 0 spiro atoms. The maximum atomic E-state index is 13.0. The van der Waals surface area contributed by atoms with E-state index in [-0.39, 0.29) is 17.0 Å². The Morgan fingerprint density at radius 1 is 0.935 bits per heavy atom. The van der Waals surface area contributed by atoms with E-state index in [0.29, 0.717) is 5.02 Å². The largest absolute Gasteiger partial charge is 0.369 e. The molecule has 2 aliphatic rings. The van der Waals surface area contributed by atoms with Gasteiger partial charge in [0.25, 0.3) is 0 Å². The van der Waals surface area contributed by atoms with Gasteiger partial charge in [0, 0.05) is 49.0 Å². The van der Waals surface area contributed by atoms with Crippen molar-refractivity contribution in [1.29, 1.82) is 0 Å². The van der Waals surface area contributed by atoms with Crippen LogP contribution in [0.3, 0.4) is 0 Å². The van der Waals surface area contributed by atoms with Crippen LogP contribution in [-0.2, 0) is 10.0 Å². The van der Waals surface area contributed by atoms with Gasteiger partial charge in [0.05, 0.1) is 4.90 Å². The Morgan fingerprint density at radius 3 is 2.32 bits per heavy atom. The first-order chi connectivity index (χ1) is 14.8. The molecular weight excluding hydrogens is 430 g/mol. The Morgan fingerprint density at radius 2 is 1.61 bits per heavy atom. The highest BCUT2D eigenvalue weighted by molar-refractivity contribution is 7.89. The highest BCUT2D eigenvalue weighted by atomic mass is 35.5. The van der Waals surface area contributed by atoms with Gasteiger partial charge in [-0.2, -0.15) is 0 Å². The molecular formula is C24H32ClN3O2S. The lowest BCUT2D eigenvalue weighted by Crippen LogP contribution is -2.58. The molecule has 1 aliphatic heterocycles. The summed E-state index contributed by atoms with van der Waals surface area (Å²) in [7, 11) is -3.56. The zero-order valence-electron chi connectivity index (χ0n) is 18.4. The van der Waals surface area contributed by atoms with Crippen molar-refractivity contribution < 1.29 is 8.42 Å². The SMILES string of the molecule is Cc1ccc(C)c(N2CCN([C@H]3CCCC[C@H]3NS(=O)(=O)c3ccc(Cl)cc3)CC2)c1. The quantitative estimate of drug-likeness (QED) is 0.718. The van der Waals surface area contributed by atoms with Gasteiger partial charge in [0.1, 0.15) is 0 Å². The molecule has 0 unspecified atom stereocenters. The third kappa shape index (κ3) is 5.25. The predicted octanol–water partition coefficient (Wildman–Crippen LogP) is 4.37. The molecule has 5 nitrogen and oxygen atoms in total. The van der Waals surface area contributed by atoms with E-state index in [1.165, 1.54) is 16.8 Å². The first kappa shape index (κ1) is 22.6. The zero-order valence-corrected chi connectivity index (χ0v) is 19.9. The van der Waals surface area contributed by atoms with Gasteiger partial charge in [-0.25, -0.2) is 13.1 Å². The zero-order chi connectivity index (χ0) is 22.0. The maximum absolute atomic E-state index is 13.0. The third-order valence-electron chi connectivity index (χ3n) is 6.65. The van der Waals surface area contributed by atoms with Crippen LogP contribution >= 0.6 is 11.6 Å². The second kappa shape index (κ2) is 9.49. The average molecular weight is 462 g/mol. The second-order valence-corrected chi connectivity index (χ2v) is 11.0. The summed E-state index contributed by atoms with van der Waals surface area (Å²) in [5.41, 5.74) is 3.92. The number of nitrogens with one attached hydrogen (secondary N) is 1. The molecule has 2 aromatic carbocycles. The molecule has 1 heterocycles. The van der Waals surface area contributed by atoms with Crippen molar-refractivity contribution in [3.8, 4) is 0 Å². The molecule has 1 saturated carbocycles. The first-order valence-corrected chi connectivity index (χ1v) is 13.0. The topological polar surface area (TPSA) is 52.6 Å². The Labute approximate surface area is 191 Å². The highest BCUT2D eigenvalue weighted by Crippen LogP contribution is 2.28. The normalized spacial score (nSPS) is 23.1. The minimum absolute atomic E-state index is 0.0540. The first-order valence-electron chi connectivity index (χ1n) is 11.2. The van der Waals surface area contributed by atoms with Crippen molar-refractivity contribution in [2.24, 2.45) is 0 Å². The summed E-state index contributed by atoms with van der Waals surface area (Å²) in [6.45, 7) is 8.16. The molecule has 168 valence electrons. The third-order valence-corrected chi connectivity index (χ3v) is 8.41. The summed E-state index contributed by atoms with van der Waals surface area (Å²) >= 11 is 5.93. The van der Waals surface area contributed by atoms with Crippen LogP contribution in [0.4, 0.5) is 5.69 Å². The van der Waals surface area contributed by atoms with Crippen molar-refractivity contribution in [3.05, 3.63) is 58.6 Å². The minimum atomic E-state index is -3.56. The number of hydrogen-bond acceptors (Lipinski definition) is 4. The molecule has 1 N–H and O–H groups in total. The van der Waals surface area contributed by atoms with Gasteiger partial charge in [0.2, 0.25) is 10.0 Å². The Kier molecular flexibility index (Phi) is 6.92. The molecule has 0 radical (unpaired) electrons. The molecule has 7 heteroatoms. The van der Waals surface area contributed by atoms with E-state index in [4.69, 9.17) is 11.6 Å². The van der Waals surface area contributed by atoms with Crippen molar-refractivity contribution in [2.45, 2.75) is 56.5 Å². The van der Waals surface area contributed by atoms with Crippen molar-refractivity contribution >= 4 is 27.3 Å². The molecule has 4 rings (SSSR count). The summed E-state index contributed by atoms with van der Waals surface area (Å²) in [4.78, 5) is 5.24. The van der Waals surface area contributed by atoms with Gasteiger partial charge in [-0.3, -0.25) is 4.90 Å². The lowest BCUT2D eigenvalue weighted by Gasteiger charge is -2.45. The molecule has 2 atom stereocenters. The summed E-state index contributed by atoms with van der Waals surface area (Å²) in [5.74, 6) is 0. The molecule has 2 aromatic rings. The van der Waals surface area contributed by atoms with E-state index in [1.54, 1.807) is 24.3 Å². The van der Waals surface area contributed by atoms with Gasteiger partial charge in [-0.05, 0) is 68.1 Å². The fourth-order valence-electron chi connectivity index (χ4n) is 4.92. The number of sulfonamides is 1. The van der Waals surface area contributed by atoms with E-state index >= 15 is 0 Å². The molecule has 1 aliphatic carbocycles. The summed E-state index contributed by atoms with van der Waals surface area (Å²) in [5, 5.41) is 0.538. The van der Waals surface area contributed by atoms with Crippen molar-refractivity contribution in [2.75, 3.05) is 31.1 Å². The van der Waals surface area contributed by atoms with E-state index in [9.17, 15) is 8.42 Å². The van der Waals surface area contributed by atoms with E-state index in [2.05, 4.69) is 46.6 Å². The lowest BCUT2D eigenvalue weighted by atomic mass is 9.89. The smallest absolute Gasteiger partial charge is 0.240 e. The van der Waals surface area contributed by atoms with Crippen molar-refractivity contribution in [3.63, 3.8) is 0 Å². The standard InChI is InChI=1S/C24H32ClN3O2S/c1-18-7-8-19(2)24(17-18)28-15-13-27(14-16-28)23-6-4-3-5-22(23)26-31(29,30)21-11-9-20(25)10-12-21/h7-12,17,22-23,26H,3-6,13-16H2,1-2H3/t22-,23+/m1/s1. The van der Waals surface area contributed by atoms with E-state index < -0.39 is 10.0 Å². The van der Waals surface area contributed by atoms with Gasteiger partial charge in [-0.1, -0.05) is 36.6 Å². The van der Waals surface area contributed by atoms with Crippen LogP contribution in [-0.4, -0.2) is 51.6 Å². The number of nitrogens with zero attached hydrogens (tertiary/aromatic N) is 2. The number of anilines is 1. The molecule has 1 saturated heterocycles. The van der Waals surface area contributed by atoms with Gasteiger partial charge < -0.3 is 4.90 Å². The van der Waals surface area contributed by atoms with Crippen LogP contribution in [0.15, 0.2) is 47.4 Å². The lowest BCUT2D eigenvalue weighted by molar-refractivity contribution is 0.124.